The van der Waals surface area contributed by atoms with Crippen LogP contribution in [-0.4, -0.2) is 24.2 Å². The fourth-order valence-electron chi connectivity index (χ4n) is 3.92. The average molecular weight is 302 g/mol. The average Bonchev–Trinajstić information content (AvgIpc) is 2.53. The summed E-state index contributed by atoms with van der Waals surface area (Å²) in [6.45, 7) is 2.12. The molecular formula is C19H30N2O. The molecule has 0 aromatic heterocycles. The first-order chi connectivity index (χ1) is 10.7. The number of benzene rings is 1. The van der Waals surface area contributed by atoms with Crippen LogP contribution in [0.5, 0.6) is 5.75 Å². The number of ether oxygens (including phenoxy) is 1. The molecule has 0 heterocycles. The highest BCUT2D eigenvalue weighted by Crippen LogP contribution is 2.27. The van der Waals surface area contributed by atoms with Gasteiger partial charge in [0.25, 0.3) is 0 Å². The minimum Gasteiger partial charge on any atom is -0.489 e. The van der Waals surface area contributed by atoms with Crippen LogP contribution in [0.2, 0.25) is 0 Å². The van der Waals surface area contributed by atoms with Gasteiger partial charge in [0.2, 0.25) is 0 Å². The largest absolute Gasteiger partial charge is 0.489 e. The second-order valence-electron chi connectivity index (χ2n) is 7.03. The van der Waals surface area contributed by atoms with Gasteiger partial charge in [-0.2, -0.15) is 0 Å². The quantitative estimate of drug-likeness (QED) is 0.894. The molecule has 0 unspecified atom stereocenters. The summed E-state index contributed by atoms with van der Waals surface area (Å²) in [5.41, 5.74) is 7.54. The van der Waals surface area contributed by atoms with E-state index >= 15 is 0 Å². The summed E-state index contributed by atoms with van der Waals surface area (Å²) in [7, 11) is 0. The van der Waals surface area contributed by atoms with Gasteiger partial charge in [-0.15, -0.1) is 0 Å². The zero-order valence-corrected chi connectivity index (χ0v) is 13.8. The van der Waals surface area contributed by atoms with Crippen molar-refractivity contribution < 1.29 is 4.74 Å². The van der Waals surface area contributed by atoms with Gasteiger partial charge in [-0.3, -0.25) is 0 Å². The lowest BCUT2D eigenvalue weighted by molar-refractivity contribution is 0.0995. The molecule has 1 aromatic carbocycles. The Labute approximate surface area is 134 Å². The van der Waals surface area contributed by atoms with Crippen molar-refractivity contribution in [3.63, 3.8) is 0 Å². The van der Waals surface area contributed by atoms with Crippen LogP contribution in [0.15, 0.2) is 24.3 Å². The van der Waals surface area contributed by atoms with Crippen LogP contribution < -0.4 is 15.8 Å². The summed E-state index contributed by atoms with van der Waals surface area (Å²) < 4.78 is 6.37. The highest BCUT2D eigenvalue weighted by atomic mass is 16.5. The minimum atomic E-state index is 0.281. The molecule has 0 spiro atoms. The zero-order chi connectivity index (χ0) is 15.4. The first-order valence-corrected chi connectivity index (χ1v) is 8.98. The second kappa shape index (κ2) is 7.47. The van der Waals surface area contributed by atoms with E-state index in [2.05, 4.69) is 36.5 Å². The van der Waals surface area contributed by atoms with Crippen molar-refractivity contribution in [1.82, 2.24) is 5.32 Å². The van der Waals surface area contributed by atoms with Gasteiger partial charge in [-0.05, 0) is 50.7 Å². The third-order valence-corrected chi connectivity index (χ3v) is 5.32. The lowest BCUT2D eigenvalue weighted by atomic mass is 9.87. The Morgan fingerprint density at radius 2 is 1.64 bits per heavy atom. The Morgan fingerprint density at radius 1 is 0.955 bits per heavy atom. The van der Waals surface area contributed by atoms with E-state index in [1.165, 1.54) is 44.1 Å². The molecule has 0 bridgehead atoms. The molecule has 1 aromatic rings. The van der Waals surface area contributed by atoms with Crippen molar-refractivity contribution in [2.24, 2.45) is 5.73 Å². The van der Waals surface area contributed by atoms with Crippen LogP contribution >= 0.6 is 0 Å². The molecule has 3 heteroatoms. The molecule has 22 heavy (non-hydrogen) atoms. The zero-order valence-electron chi connectivity index (χ0n) is 13.8. The van der Waals surface area contributed by atoms with Gasteiger partial charge in [0.15, 0.2) is 0 Å². The van der Waals surface area contributed by atoms with E-state index in [0.717, 1.165) is 18.6 Å². The normalized spacial score (nSPS) is 32.6. The highest BCUT2D eigenvalue weighted by molar-refractivity contribution is 5.32. The topological polar surface area (TPSA) is 47.3 Å². The summed E-state index contributed by atoms with van der Waals surface area (Å²) in [5, 5.41) is 3.85. The predicted molar refractivity (Wildman–Crippen MR) is 91.2 cm³/mol. The number of para-hydroxylation sites is 1. The van der Waals surface area contributed by atoms with E-state index in [1.807, 2.05) is 0 Å². The number of nitrogens with one attached hydrogen (secondary N) is 1. The Morgan fingerprint density at radius 3 is 2.41 bits per heavy atom. The van der Waals surface area contributed by atoms with E-state index in [9.17, 15) is 0 Å². The van der Waals surface area contributed by atoms with Crippen LogP contribution in [0.3, 0.4) is 0 Å². The molecule has 0 aliphatic heterocycles. The Hall–Kier alpha value is -1.06. The van der Waals surface area contributed by atoms with Crippen LogP contribution in [0.25, 0.3) is 0 Å². The van der Waals surface area contributed by atoms with Crippen LogP contribution in [0.1, 0.15) is 56.9 Å². The Kier molecular flexibility index (Phi) is 5.37. The predicted octanol–water partition coefficient (Wildman–Crippen LogP) is 3.54. The Bertz CT molecular complexity index is 476. The van der Waals surface area contributed by atoms with E-state index in [0.29, 0.717) is 18.1 Å². The summed E-state index contributed by atoms with van der Waals surface area (Å²) in [5.74, 6) is 1.04. The van der Waals surface area contributed by atoms with Gasteiger partial charge in [-0.25, -0.2) is 0 Å². The molecule has 2 aliphatic carbocycles. The summed E-state index contributed by atoms with van der Waals surface area (Å²) in [6, 6.07) is 9.58. The second-order valence-corrected chi connectivity index (χ2v) is 7.03. The first-order valence-electron chi connectivity index (χ1n) is 8.98. The van der Waals surface area contributed by atoms with E-state index in [4.69, 9.17) is 10.5 Å². The molecule has 0 radical (unpaired) electrons. The number of hydrogen-bond donors (Lipinski definition) is 2. The molecule has 3 nitrogen and oxygen atoms in total. The van der Waals surface area contributed by atoms with Gasteiger partial charge in [0, 0.05) is 18.1 Å². The monoisotopic (exact) mass is 302 g/mol. The van der Waals surface area contributed by atoms with Gasteiger partial charge in [-0.1, -0.05) is 37.5 Å². The van der Waals surface area contributed by atoms with Crippen molar-refractivity contribution >= 4 is 0 Å². The van der Waals surface area contributed by atoms with Gasteiger partial charge in [0.1, 0.15) is 11.9 Å². The lowest BCUT2D eigenvalue weighted by Crippen LogP contribution is -2.55. The standard InChI is InChI=1S/C19H30N2O/c1-14-8-2-6-12-18(14)22-19-13-7-5-11-17(19)21-16-10-4-3-9-15(16)20/h2,6,8,12,15-17,19,21H,3-5,7,9-11,13,20H2,1H3/t15-,16-,17+,19-/m1/s1. The summed E-state index contributed by atoms with van der Waals surface area (Å²) in [4.78, 5) is 0. The number of nitrogens with two attached hydrogens (primary N) is 1. The van der Waals surface area contributed by atoms with Crippen LogP contribution in [-0.2, 0) is 0 Å². The molecule has 3 rings (SSSR count). The smallest absolute Gasteiger partial charge is 0.122 e. The first kappa shape index (κ1) is 15.8. The SMILES string of the molecule is Cc1ccccc1O[C@@H]1CCCC[C@@H]1N[C@@H]1CCCC[C@H]1N. The lowest BCUT2D eigenvalue weighted by Gasteiger charge is -2.38. The molecule has 2 saturated carbocycles. The van der Waals surface area contributed by atoms with E-state index < -0.39 is 0 Å². The van der Waals surface area contributed by atoms with Crippen molar-refractivity contribution in [3.8, 4) is 5.75 Å². The molecule has 0 saturated heterocycles. The van der Waals surface area contributed by atoms with Gasteiger partial charge < -0.3 is 15.8 Å². The molecule has 0 amide bonds. The van der Waals surface area contributed by atoms with Gasteiger partial charge in [0.05, 0.1) is 0 Å². The molecule has 2 fully saturated rings. The maximum Gasteiger partial charge on any atom is 0.122 e. The maximum atomic E-state index is 6.37. The van der Waals surface area contributed by atoms with Gasteiger partial charge >= 0.3 is 0 Å². The van der Waals surface area contributed by atoms with E-state index in [1.54, 1.807) is 0 Å². The maximum absolute atomic E-state index is 6.37. The third-order valence-electron chi connectivity index (χ3n) is 5.32. The number of aryl methyl sites for hydroxylation is 1. The number of hydrogen-bond acceptors (Lipinski definition) is 3. The molecule has 4 atom stereocenters. The Balaban J connectivity index is 1.64. The molecule has 2 aliphatic rings. The van der Waals surface area contributed by atoms with Crippen molar-refractivity contribution in [2.75, 3.05) is 0 Å². The van der Waals surface area contributed by atoms with E-state index in [-0.39, 0.29) is 6.10 Å². The third kappa shape index (κ3) is 3.82. The fourth-order valence-corrected chi connectivity index (χ4v) is 3.92. The van der Waals surface area contributed by atoms with Crippen molar-refractivity contribution in [3.05, 3.63) is 29.8 Å². The molecule has 122 valence electrons. The molecular weight excluding hydrogens is 272 g/mol. The molecule has 3 N–H and O–H groups in total. The minimum absolute atomic E-state index is 0.281. The number of rotatable bonds is 4. The highest BCUT2D eigenvalue weighted by Gasteiger charge is 2.31. The van der Waals surface area contributed by atoms with Crippen LogP contribution in [0.4, 0.5) is 0 Å². The van der Waals surface area contributed by atoms with Crippen molar-refractivity contribution in [1.29, 1.82) is 0 Å². The summed E-state index contributed by atoms with van der Waals surface area (Å²) in [6.07, 6.45) is 10.2. The van der Waals surface area contributed by atoms with Crippen molar-refractivity contribution in [2.45, 2.75) is 82.5 Å². The van der Waals surface area contributed by atoms with Crippen LogP contribution in [0, 0.1) is 6.92 Å². The summed E-state index contributed by atoms with van der Waals surface area (Å²) >= 11 is 0. The fraction of sp³-hybridized carbons (Fsp3) is 0.684.